The molecule has 0 N–H and O–H groups in total. The molecule has 0 amide bonds. The van der Waals surface area contributed by atoms with Crippen molar-refractivity contribution in [1.29, 1.82) is 0 Å². The zero-order valence-corrected chi connectivity index (χ0v) is 14.8. The minimum absolute atomic E-state index is 0.148. The van der Waals surface area contributed by atoms with Crippen molar-refractivity contribution in [2.45, 2.75) is 6.61 Å². The molecule has 4 heteroatoms. The van der Waals surface area contributed by atoms with Crippen LogP contribution in [0.25, 0.3) is 6.08 Å². The highest BCUT2D eigenvalue weighted by Crippen LogP contribution is 2.35. The fourth-order valence-electron chi connectivity index (χ4n) is 2.92. The third-order valence-electron chi connectivity index (χ3n) is 4.32. The molecule has 0 saturated heterocycles. The highest BCUT2D eigenvalue weighted by Gasteiger charge is 2.28. The van der Waals surface area contributed by atoms with Crippen molar-refractivity contribution < 1.29 is 19.0 Å². The number of allylic oxidation sites excluding steroid dienone is 1. The van der Waals surface area contributed by atoms with E-state index in [0.29, 0.717) is 29.4 Å². The second-order valence-electron chi connectivity index (χ2n) is 6.11. The summed E-state index contributed by atoms with van der Waals surface area (Å²) in [6.45, 7) is 0.456. The molecule has 0 atom stereocenters. The predicted octanol–water partition coefficient (Wildman–Crippen LogP) is 4.89. The molecule has 0 fully saturated rings. The van der Waals surface area contributed by atoms with Gasteiger partial charge in [0.05, 0.1) is 12.7 Å². The maximum atomic E-state index is 12.6. The summed E-state index contributed by atoms with van der Waals surface area (Å²) in [5, 5.41) is 0. The first kappa shape index (κ1) is 16.9. The first-order valence-corrected chi connectivity index (χ1v) is 8.62. The lowest BCUT2D eigenvalue weighted by atomic mass is 10.1. The summed E-state index contributed by atoms with van der Waals surface area (Å²) in [5.41, 5.74) is 2.40. The smallest absolute Gasteiger partial charge is 0.231 e. The molecule has 1 aliphatic rings. The molecule has 0 bridgehead atoms. The van der Waals surface area contributed by atoms with Gasteiger partial charge in [-0.3, -0.25) is 4.79 Å². The third kappa shape index (κ3) is 3.55. The number of methoxy groups -OCH3 is 1. The van der Waals surface area contributed by atoms with E-state index in [2.05, 4.69) is 0 Å². The molecule has 0 radical (unpaired) electrons. The van der Waals surface area contributed by atoms with Crippen molar-refractivity contribution in [1.82, 2.24) is 0 Å². The normalized spacial score (nSPS) is 14.0. The molecule has 27 heavy (non-hydrogen) atoms. The van der Waals surface area contributed by atoms with Crippen LogP contribution in [0.4, 0.5) is 0 Å². The average molecular weight is 358 g/mol. The Labute approximate surface area is 157 Å². The van der Waals surface area contributed by atoms with Gasteiger partial charge in [0.1, 0.15) is 23.9 Å². The first-order valence-electron chi connectivity index (χ1n) is 8.62. The first-order chi connectivity index (χ1) is 13.2. The summed E-state index contributed by atoms with van der Waals surface area (Å²) >= 11 is 0. The number of hydrogen-bond donors (Lipinski definition) is 0. The van der Waals surface area contributed by atoms with Gasteiger partial charge in [-0.15, -0.1) is 0 Å². The fourth-order valence-corrected chi connectivity index (χ4v) is 2.92. The zero-order valence-electron chi connectivity index (χ0n) is 14.8. The zero-order chi connectivity index (χ0) is 18.6. The number of para-hydroxylation sites is 1. The quantitative estimate of drug-likeness (QED) is 0.609. The lowest BCUT2D eigenvalue weighted by molar-refractivity contribution is 0.101. The number of carbonyl (C=O) groups is 1. The molecule has 0 aromatic heterocycles. The number of ketones is 1. The number of hydrogen-bond acceptors (Lipinski definition) is 4. The summed E-state index contributed by atoms with van der Waals surface area (Å²) in [6, 6.07) is 22.7. The Hall–Kier alpha value is -3.53. The Morgan fingerprint density at radius 2 is 1.74 bits per heavy atom. The van der Waals surface area contributed by atoms with Crippen LogP contribution >= 0.6 is 0 Å². The number of carbonyl (C=O) groups excluding carboxylic acids is 1. The van der Waals surface area contributed by atoms with E-state index in [1.54, 1.807) is 31.4 Å². The lowest BCUT2D eigenvalue weighted by Gasteiger charge is -2.07. The number of rotatable bonds is 5. The highest BCUT2D eigenvalue weighted by atomic mass is 16.5. The molecule has 0 unspecified atom stereocenters. The Kier molecular flexibility index (Phi) is 4.62. The van der Waals surface area contributed by atoms with Crippen molar-refractivity contribution in [3.8, 4) is 17.2 Å². The molecular weight excluding hydrogens is 340 g/mol. The number of ether oxygens (including phenoxy) is 3. The summed E-state index contributed by atoms with van der Waals surface area (Å²) in [4.78, 5) is 12.6. The Bertz CT molecular complexity index is 1010. The van der Waals surface area contributed by atoms with Gasteiger partial charge in [0.15, 0.2) is 5.76 Å². The molecule has 1 aliphatic heterocycles. The van der Waals surface area contributed by atoms with E-state index in [4.69, 9.17) is 14.2 Å². The monoisotopic (exact) mass is 358 g/mol. The SMILES string of the molecule is COc1ccccc1C=C1Oc2cc(OCc3ccccc3)ccc2C1=O. The van der Waals surface area contributed by atoms with Gasteiger partial charge in [-0.1, -0.05) is 48.5 Å². The minimum Gasteiger partial charge on any atom is -0.496 e. The maximum Gasteiger partial charge on any atom is 0.231 e. The van der Waals surface area contributed by atoms with Gasteiger partial charge >= 0.3 is 0 Å². The van der Waals surface area contributed by atoms with Crippen molar-refractivity contribution >= 4 is 11.9 Å². The summed E-state index contributed by atoms with van der Waals surface area (Å²) < 4.78 is 16.9. The van der Waals surface area contributed by atoms with E-state index >= 15 is 0 Å². The van der Waals surface area contributed by atoms with E-state index in [0.717, 1.165) is 11.1 Å². The standard InChI is InChI=1S/C23H18O4/c1-25-20-10-6-5-9-17(20)13-22-23(24)19-12-11-18(14-21(19)27-22)26-15-16-7-3-2-4-8-16/h2-14H,15H2,1H3. The summed E-state index contributed by atoms with van der Waals surface area (Å²) in [6.07, 6.45) is 1.70. The van der Waals surface area contributed by atoms with Gasteiger partial charge in [0, 0.05) is 11.6 Å². The number of benzene rings is 3. The molecular formula is C23H18O4. The Morgan fingerprint density at radius 1 is 0.963 bits per heavy atom. The van der Waals surface area contributed by atoms with E-state index in [-0.39, 0.29) is 11.5 Å². The van der Waals surface area contributed by atoms with Crippen LogP contribution in [0.2, 0.25) is 0 Å². The summed E-state index contributed by atoms with van der Waals surface area (Å²) in [7, 11) is 1.60. The number of fused-ring (bicyclic) bond motifs is 1. The van der Waals surface area contributed by atoms with Crippen molar-refractivity contribution in [3.63, 3.8) is 0 Å². The van der Waals surface area contributed by atoms with Crippen LogP contribution < -0.4 is 14.2 Å². The van der Waals surface area contributed by atoms with Gasteiger partial charge in [0.2, 0.25) is 5.78 Å². The van der Waals surface area contributed by atoms with Crippen LogP contribution in [0.3, 0.4) is 0 Å². The topological polar surface area (TPSA) is 44.8 Å². The molecule has 0 aliphatic carbocycles. The second kappa shape index (κ2) is 7.38. The van der Waals surface area contributed by atoms with Crippen LogP contribution in [-0.2, 0) is 6.61 Å². The molecule has 1 heterocycles. The largest absolute Gasteiger partial charge is 0.496 e. The predicted molar refractivity (Wildman–Crippen MR) is 103 cm³/mol. The second-order valence-corrected chi connectivity index (χ2v) is 6.11. The van der Waals surface area contributed by atoms with E-state index < -0.39 is 0 Å². The minimum atomic E-state index is -0.148. The highest BCUT2D eigenvalue weighted by molar-refractivity contribution is 6.14. The molecule has 4 rings (SSSR count). The lowest BCUT2D eigenvalue weighted by Crippen LogP contribution is -1.98. The van der Waals surface area contributed by atoms with Crippen molar-refractivity contribution in [3.05, 3.63) is 95.2 Å². The fraction of sp³-hybridized carbons (Fsp3) is 0.0870. The molecule has 134 valence electrons. The van der Waals surface area contributed by atoms with Gasteiger partial charge in [-0.2, -0.15) is 0 Å². The third-order valence-corrected chi connectivity index (χ3v) is 4.32. The molecule has 4 nitrogen and oxygen atoms in total. The van der Waals surface area contributed by atoms with E-state index in [1.807, 2.05) is 54.6 Å². The van der Waals surface area contributed by atoms with Gasteiger partial charge < -0.3 is 14.2 Å². The Morgan fingerprint density at radius 3 is 2.56 bits per heavy atom. The van der Waals surface area contributed by atoms with Crippen LogP contribution in [-0.4, -0.2) is 12.9 Å². The van der Waals surface area contributed by atoms with Gasteiger partial charge in [-0.05, 0) is 29.8 Å². The Balaban J connectivity index is 1.54. The molecule has 3 aromatic rings. The van der Waals surface area contributed by atoms with Crippen LogP contribution in [0.5, 0.6) is 17.2 Å². The van der Waals surface area contributed by atoms with E-state index in [1.165, 1.54) is 0 Å². The molecule has 0 saturated carbocycles. The van der Waals surface area contributed by atoms with Crippen LogP contribution in [0.15, 0.2) is 78.6 Å². The summed E-state index contributed by atoms with van der Waals surface area (Å²) in [5.74, 6) is 1.97. The molecule has 3 aromatic carbocycles. The number of Topliss-reactive ketones (excluding diaryl/α,β-unsaturated/α-hetero) is 1. The molecule has 0 spiro atoms. The van der Waals surface area contributed by atoms with E-state index in [9.17, 15) is 4.79 Å². The van der Waals surface area contributed by atoms with Crippen LogP contribution in [0, 0.1) is 0 Å². The maximum absolute atomic E-state index is 12.6. The van der Waals surface area contributed by atoms with Crippen molar-refractivity contribution in [2.24, 2.45) is 0 Å². The van der Waals surface area contributed by atoms with Crippen molar-refractivity contribution in [2.75, 3.05) is 7.11 Å². The van der Waals surface area contributed by atoms with Crippen LogP contribution in [0.1, 0.15) is 21.5 Å². The van der Waals surface area contributed by atoms with Gasteiger partial charge in [0.25, 0.3) is 0 Å². The van der Waals surface area contributed by atoms with Gasteiger partial charge in [-0.25, -0.2) is 0 Å². The average Bonchev–Trinajstić information content (AvgIpc) is 3.02.